The van der Waals surface area contributed by atoms with Crippen molar-refractivity contribution < 1.29 is 42.0 Å². The van der Waals surface area contributed by atoms with Gasteiger partial charge in [0.05, 0.1) is 6.10 Å². The zero-order valence-electron chi connectivity index (χ0n) is 15.0. The number of alkyl halides is 3. The zero-order chi connectivity index (χ0) is 21.4. The number of rotatable bonds is 8. The van der Waals surface area contributed by atoms with E-state index in [0.717, 1.165) is 11.6 Å². The highest BCUT2D eigenvalue weighted by Gasteiger charge is 2.32. The number of aliphatic hydroxyl groups is 2. The van der Waals surface area contributed by atoms with E-state index in [1.165, 1.54) is 0 Å². The molecule has 6 nitrogen and oxygen atoms in total. The molecule has 0 saturated heterocycles. The molecule has 2 aromatic rings. The molecule has 0 heterocycles. The van der Waals surface area contributed by atoms with Crippen LogP contribution in [-0.4, -0.2) is 35.3 Å². The number of carbonyl (C=O) groups excluding carboxylic acids is 1. The standard InChI is InChI=1S/C19H19F4NO5/c20-15-7-6-13(29-19(21,22)23)10-14(15)17(26)16(25)8-9-24-18(27)28-11-12-4-2-1-3-5-12/h1-7,10,16-17,25-26H,8-9,11H2,(H,24,27). The number of carbonyl (C=O) groups is 1. The highest BCUT2D eigenvalue weighted by atomic mass is 19.4. The van der Waals surface area contributed by atoms with Crippen LogP contribution >= 0.6 is 0 Å². The van der Waals surface area contributed by atoms with E-state index in [2.05, 4.69) is 10.1 Å². The summed E-state index contributed by atoms with van der Waals surface area (Å²) >= 11 is 0. The van der Waals surface area contributed by atoms with Crippen LogP contribution in [0, 0.1) is 5.82 Å². The normalized spacial score (nSPS) is 13.4. The van der Waals surface area contributed by atoms with Gasteiger partial charge in [0.15, 0.2) is 0 Å². The molecule has 2 aromatic carbocycles. The van der Waals surface area contributed by atoms with E-state index in [1.807, 2.05) is 6.07 Å². The molecule has 0 aliphatic heterocycles. The summed E-state index contributed by atoms with van der Waals surface area (Å²) in [4.78, 5) is 11.6. The summed E-state index contributed by atoms with van der Waals surface area (Å²) < 4.78 is 59.3. The monoisotopic (exact) mass is 417 g/mol. The van der Waals surface area contributed by atoms with Crippen molar-refractivity contribution in [1.82, 2.24) is 5.32 Å². The van der Waals surface area contributed by atoms with Gasteiger partial charge in [-0.3, -0.25) is 0 Å². The molecule has 10 heteroatoms. The second-order valence-electron chi connectivity index (χ2n) is 6.02. The van der Waals surface area contributed by atoms with Gasteiger partial charge in [0, 0.05) is 12.1 Å². The van der Waals surface area contributed by atoms with Gasteiger partial charge in [-0.1, -0.05) is 30.3 Å². The predicted molar refractivity (Wildman–Crippen MR) is 93.3 cm³/mol. The van der Waals surface area contributed by atoms with Crippen molar-refractivity contribution in [3.63, 3.8) is 0 Å². The summed E-state index contributed by atoms with van der Waals surface area (Å²) in [6.45, 7) is -0.0821. The van der Waals surface area contributed by atoms with Crippen LogP contribution in [-0.2, 0) is 11.3 Å². The second kappa shape index (κ2) is 10.1. The van der Waals surface area contributed by atoms with Crippen LogP contribution in [0.3, 0.4) is 0 Å². The topological polar surface area (TPSA) is 88.0 Å². The van der Waals surface area contributed by atoms with Crippen LogP contribution in [0.25, 0.3) is 0 Å². The molecular weight excluding hydrogens is 398 g/mol. The van der Waals surface area contributed by atoms with Crippen LogP contribution in [0.1, 0.15) is 23.7 Å². The Morgan fingerprint density at radius 1 is 1.10 bits per heavy atom. The Labute approximate surface area is 163 Å². The summed E-state index contributed by atoms with van der Waals surface area (Å²) in [5, 5.41) is 22.4. The Balaban J connectivity index is 1.83. The Kier molecular flexibility index (Phi) is 7.80. The minimum atomic E-state index is -4.98. The third-order valence-electron chi connectivity index (χ3n) is 3.81. The lowest BCUT2D eigenvalue weighted by Gasteiger charge is -2.20. The van der Waals surface area contributed by atoms with E-state index in [1.54, 1.807) is 24.3 Å². The molecule has 0 aliphatic carbocycles. The van der Waals surface area contributed by atoms with Crippen LogP contribution in [0.4, 0.5) is 22.4 Å². The van der Waals surface area contributed by atoms with Gasteiger partial charge in [0.1, 0.15) is 24.3 Å². The third-order valence-corrected chi connectivity index (χ3v) is 3.81. The molecule has 0 bridgehead atoms. The Morgan fingerprint density at radius 2 is 1.79 bits per heavy atom. The highest BCUT2D eigenvalue weighted by Crippen LogP contribution is 2.29. The van der Waals surface area contributed by atoms with Crippen molar-refractivity contribution in [2.24, 2.45) is 0 Å². The van der Waals surface area contributed by atoms with Crippen molar-refractivity contribution >= 4 is 6.09 Å². The average Bonchev–Trinajstić information content (AvgIpc) is 2.67. The molecule has 0 radical (unpaired) electrons. The van der Waals surface area contributed by atoms with Gasteiger partial charge in [-0.25, -0.2) is 9.18 Å². The van der Waals surface area contributed by atoms with Crippen LogP contribution < -0.4 is 10.1 Å². The molecule has 0 spiro atoms. The first kappa shape index (κ1) is 22.4. The molecule has 0 aromatic heterocycles. The molecule has 29 heavy (non-hydrogen) atoms. The number of nitrogens with one attached hydrogen (secondary N) is 1. The van der Waals surface area contributed by atoms with Crippen LogP contribution in [0.2, 0.25) is 0 Å². The number of ether oxygens (including phenoxy) is 2. The van der Waals surface area contributed by atoms with Crippen LogP contribution in [0.5, 0.6) is 5.75 Å². The number of hydrogen-bond donors (Lipinski definition) is 3. The first-order valence-corrected chi connectivity index (χ1v) is 8.51. The van der Waals surface area contributed by atoms with Gasteiger partial charge in [-0.15, -0.1) is 13.2 Å². The quantitative estimate of drug-likeness (QED) is 0.573. The van der Waals surface area contributed by atoms with Gasteiger partial charge in [0.2, 0.25) is 0 Å². The summed E-state index contributed by atoms with van der Waals surface area (Å²) in [5.74, 6) is -1.75. The molecular formula is C19H19F4NO5. The SMILES string of the molecule is O=C(NCCC(O)C(O)c1cc(OC(F)(F)F)ccc1F)OCc1ccccc1. The molecule has 0 aliphatic rings. The molecule has 2 unspecified atom stereocenters. The van der Waals surface area contributed by atoms with Gasteiger partial charge in [0.25, 0.3) is 0 Å². The second-order valence-corrected chi connectivity index (χ2v) is 6.02. The Morgan fingerprint density at radius 3 is 2.45 bits per heavy atom. The average molecular weight is 417 g/mol. The fourth-order valence-electron chi connectivity index (χ4n) is 2.41. The van der Waals surface area contributed by atoms with Crippen molar-refractivity contribution in [3.05, 3.63) is 65.5 Å². The molecule has 1 amide bonds. The number of benzene rings is 2. The molecule has 3 N–H and O–H groups in total. The number of hydrogen-bond acceptors (Lipinski definition) is 5. The largest absolute Gasteiger partial charge is 0.573 e. The zero-order valence-corrected chi connectivity index (χ0v) is 15.0. The Hall–Kier alpha value is -2.85. The lowest BCUT2D eigenvalue weighted by atomic mass is 10.0. The number of halogens is 4. The van der Waals surface area contributed by atoms with Gasteiger partial charge >= 0.3 is 12.5 Å². The van der Waals surface area contributed by atoms with Crippen molar-refractivity contribution in [1.29, 1.82) is 0 Å². The minimum absolute atomic E-state index is 0.0368. The third kappa shape index (κ3) is 7.59. The maximum absolute atomic E-state index is 13.8. The van der Waals surface area contributed by atoms with Crippen molar-refractivity contribution in [2.75, 3.05) is 6.54 Å². The van der Waals surface area contributed by atoms with Gasteiger partial charge < -0.3 is 25.0 Å². The maximum atomic E-state index is 13.8. The van der Waals surface area contributed by atoms with E-state index < -0.39 is 41.8 Å². The summed E-state index contributed by atoms with van der Waals surface area (Å²) in [7, 11) is 0. The van der Waals surface area contributed by atoms with Gasteiger partial charge in [-0.05, 0) is 30.2 Å². The van der Waals surface area contributed by atoms with Crippen molar-refractivity contribution in [3.8, 4) is 5.75 Å². The van der Waals surface area contributed by atoms with Crippen molar-refractivity contribution in [2.45, 2.75) is 31.6 Å². The summed E-state index contributed by atoms with van der Waals surface area (Å²) in [6.07, 6.45) is -9.33. The molecule has 2 atom stereocenters. The molecule has 158 valence electrons. The van der Waals surface area contributed by atoms with E-state index in [0.29, 0.717) is 12.1 Å². The first-order valence-electron chi connectivity index (χ1n) is 8.51. The summed E-state index contributed by atoms with van der Waals surface area (Å²) in [5.41, 5.74) is 0.209. The smallest absolute Gasteiger partial charge is 0.445 e. The van der Waals surface area contributed by atoms with E-state index in [9.17, 15) is 32.6 Å². The molecule has 2 rings (SSSR count). The number of aliphatic hydroxyl groups excluding tert-OH is 2. The van der Waals surface area contributed by atoms with Crippen LogP contribution in [0.15, 0.2) is 48.5 Å². The number of amides is 1. The Bertz CT molecular complexity index is 801. The minimum Gasteiger partial charge on any atom is -0.445 e. The molecule has 0 saturated carbocycles. The van der Waals surface area contributed by atoms with E-state index >= 15 is 0 Å². The first-order chi connectivity index (χ1) is 13.7. The summed E-state index contributed by atoms with van der Waals surface area (Å²) in [6, 6.07) is 11.0. The highest BCUT2D eigenvalue weighted by molar-refractivity contribution is 5.67. The number of alkyl carbamates (subject to hydrolysis) is 1. The van der Waals surface area contributed by atoms with Gasteiger partial charge in [-0.2, -0.15) is 0 Å². The maximum Gasteiger partial charge on any atom is 0.573 e. The van der Waals surface area contributed by atoms with E-state index in [4.69, 9.17) is 4.74 Å². The fourth-order valence-corrected chi connectivity index (χ4v) is 2.41. The predicted octanol–water partition coefficient (Wildman–Crippen LogP) is 3.44. The molecule has 0 fully saturated rings. The lowest BCUT2D eigenvalue weighted by Crippen LogP contribution is -2.30. The lowest BCUT2D eigenvalue weighted by molar-refractivity contribution is -0.274. The fraction of sp³-hybridized carbons (Fsp3) is 0.316. The van der Waals surface area contributed by atoms with E-state index in [-0.39, 0.29) is 19.6 Å².